The highest BCUT2D eigenvalue weighted by molar-refractivity contribution is 7.98. The maximum absolute atomic E-state index is 12.6. The molecule has 0 radical (unpaired) electrons. The van der Waals surface area contributed by atoms with Crippen LogP contribution in [0.2, 0.25) is 0 Å². The van der Waals surface area contributed by atoms with Crippen molar-refractivity contribution in [2.24, 2.45) is 5.92 Å². The van der Waals surface area contributed by atoms with Gasteiger partial charge in [-0.2, -0.15) is 0 Å². The van der Waals surface area contributed by atoms with E-state index in [0.717, 1.165) is 10.6 Å². The Labute approximate surface area is 152 Å². The van der Waals surface area contributed by atoms with Crippen LogP contribution in [-0.4, -0.2) is 50.1 Å². The fourth-order valence-corrected chi connectivity index (χ4v) is 5.97. The molecular formula is C17H22N2O4S2. The molecule has 0 bridgehead atoms. The van der Waals surface area contributed by atoms with Crippen LogP contribution in [0.5, 0.6) is 0 Å². The number of benzene rings is 1. The van der Waals surface area contributed by atoms with Gasteiger partial charge < -0.3 is 10.2 Å². The summed E-state index contributed by atoms with van der Waals surface area (Å²) in [6.45, 7) is 2.08. The van der Waals surface area contributed by atoms with Crippen LogP contribution in [0, 0.1) is 5.92 Å². The lowest BCUT2D eigenvalue weighted by Crippen LogP contribution is -2.49. The van der Waals surface area contributed by atoms with Gasteiger partial charge in [0.05, 0.1) is 23.0 Å². The van der Waals surface area contributed by atoms with Gasteiger partial charge in [0.2, 0.25) is 11.8 Å². The Kier molecular flexibility index (Phi) is 4.85. The largest absolute Gasteiger partial charge is 0.350 e. The van der Waals surface area contributed by atoms with Gasteiger partial charge in [0.1, 0.15) is 0 Å². The van der Waals surface area contributed by atoms with Gasteiger partial charge in [0.25, 0.3) is 0 Å². The molecule has 0 unspecified atom stereocenters. The highest BCUT2D eigenvalue weighted by Gasteiger charge is 2.42. The minimum absolute atomic E-state index is 0.0358. The molecule has 2 aliphatic rings. The topological polar surface area (TPSA) is 83.6 Å². The van der Waals surface area contributed by atoms with Crippen molar-refractivity contribution in [3.8, 4) is 0 Å². The summed E-state index contributed by atoms with van der Waals surface area (Å²) in [5.41, 5.74) is 0.0623. The van der Waals surface area contributed by atoms with Crippen LogP contribution in [-0.2, 0) is 19.4 Å². The number of carbonyl (C=O) groups is 2. The Balaban J connectivity index is 1.69. The van der Waals surface area contributed by atoms with Gasteiger partial charge >= 0.3 is 0 Å². The fraction of sp³-hybridized carbons (Fsp3) is 0.529. The first-order valence-electron chi connectivity index (χ1n) is 8.18. The zero-order chi connectivity index (χ0) is 18.2. The van der Waals surface area contributed by atoms with Gasteiger partial charge in [-0.05, 0) is 37.8 Å². The van der Waals surface area contributed by atoms with Crippen molar-refractivity contribution in [2.45, 2.75) is 30.2 Å². The molecule has 0 saturated carbocycles. The third-order valence-corrected chi connectivity index (χ3v) is 7.42. The highest BCUT2D eigenvalue weighted by atomic mass is 32.2. The summed E-state index contributed by atoms with van der Waals surface area (Å²) < 4.78 is 23.4. The number of sulfone groups is 1. The van der Waals surface area contributed by atoms with Gasteiger partial charge in [-0.1, -0.05) is 6.07 Å². The van der Waals surface area contributed by atoms with E-state index in [9.17, 15) is 18.0 Å². The lowest BCUT2D eigenvalue weighted by atomic mass is 9.99. The van der Waals surface area contributed by atoms with E-state index in [0.29, 0.717) is 13.0 Å². The first kappa shape index (κ1) is 18.3. The van der Waals surface area contributed by atoms with E-state index in [-0.39, 0.29) is 29.7 Å². The van der Waals surface area contributed by atoms with Crippen molar-refractivity contribution in [3.05, 3.63) is 24.3 Å². The van der Waals surface area contributed by atoms with Crippen molar-refractivity contribution in [3.63, 3.8) is 0 Å². The minimum Gasteiger partial charge on any atom is -0.350 e. The zero-order valence-corrected chi connectivity index (χ0v) is 16.0. The fourth-order valence-electron chi connectivity index (χ4n) is 3.42. The Morgan fingerprint density at radius 3 is 2.80 bits per heavy atom. The number of anilines is 1. The van der Waals surface area contributed by atoms with Crippen molar-refractivity contribution in [2.75, 3.05) is 29.2 Å². The van der Waals surface area contributed by atoms with Gasteiger partial charge in [-0.3, -0.25) is 9.59 Å². The quantitative estimate of drug-likeness (QED) is 0.797. The molecule has 2 fully saturated rings. The number of amides is 2. The molecule has 8 heteroatoms. The van der Waals surface area contributed by atoms with Crippen molar-refractivity contribution in [1.29, 1.82) is 0 Å². The third kappa shape index (κ3) is 4.00. The molecule has 2 amide bonds. The monoisotopic (exact) mass is 382 g/mol. The summed E-state index contributed by atoms with van der Waals surface area (Å²) in [6, 6.07) is 7.67. The van der Waals surface area contributed by atoms with Crippen LogP contribution in [0.4, 0.5) is 5.69 Å². The van der Waals surface area contributed by atoms with Crippen molar-refractivity contribution < 1.29 is 18.0 Å². The second-order valence-corrected chi connectivity index (χ2v) is 10.1. The molecular weight excluding hydrogens is 360 g/mol. The van der Waals surface area contributed by atoms with E-state index in [2.05, 4.69) is 5.32 Å². The van der Waals surface area contributed by atoms with Gasteiger partial charge in [-0.15, -0.1) is 11.8 Å². The Morgan fingerprint density at radius 1 is 1.40 bits per heavy atom. The minimum atomic E-state index is -3.09. The summed E-state index contributed by atoms with van der Waals surface area (Å²) in [7, 11) is -3.09. The summed E-state index contributed by atoms with van der Waals surface area (Å²) >= 11 is 1.60. The Morgan fingerprint density at radius 2 is 2.16 bits per heavy atom. The number of hydrogen-bond acceptors (Lipinski definition) is 5. The summed E-state index contributed by atoms with van der Waals surface area (Å²) in [5, 5.41) is 2.87. The molecule has 0 aliphatic carbocycles. The molecule has 3 rings (SSSR count). The molecule has 6 nitrogen and oxygen atoms in total. The normalized spacial score (nSPS) is 28.3. The van der Waals surface area contributed by atoms with Crippen LogP contribution < -0.4 is 10.2 Å². The van der Waals surface area contributed by atoms with Gasteiger partial charge in [-0.25, -0.2) is 8.42 Å². The molecule has 2 atom stereocenters. The number of rotatable bonds is 4. The summed E-state index contributed by atoms with van der Waals surface area (Å²) in [4.78, 5) is 27.6. The van der Waals surface area contributed by atoms with Crippen molar-refractivity contribution >= 4 is 39.1 Å². The number of nitrogens with zero attached hydrogens (tertiary/aromatic N) is 1. The van der Waals surface area contributed by atoms with E-state index in [1.54, 1.807) is 23.6 Å². The van der Waals surface area contributed by atoms with Crippen LogP contribution in [0.15, 0.2) is 29.2 Å². The van der Waals surface area contributed by atoms with E-state index >= 15 is 0 Å². The zero-order valence-electron chi connectivity index (χ0n) is 14.3. The van der Waals surface area contributed by atoms with Crippen LogP contribution in [0.25, 0.3) is 0 Å². The number of carbonyl (C=O) groups excluding carboxylic acids is 2. The first-order chi connectivity index (χ1) is 11.7. The van der Waals surface area contributed by atoms with E-state index in [4.69, 9.17) is 0 Å². The molecule has 2 saturated heterocycles. The molecule has 2 heterocycles. The standard InChI is InChI=1S/C17H22N2O4S2/c1-17(6-7-25(22,23)11-17)18-16(21)12-8-15(20)19(10-12)13-4-3-5-14(9-13)24-2/h3-5,9,12H,6-8,10-11H2,1-2H3,(H,18,21)/t12-,17-/m0/s1. The predicted octanol–water partition coefficient (Wildman–Crippen LogP) is 1.45. The van der Waals surface area contributed by atoms with Crippen LogP contribution in [0.3, 0.4) is 0 Å². The average Bonchev–Trinajstić information content (AvgIpc) is 3.07. The van der Waals surface area contributed by atoms with Gasteiger partial charge in [0.15, 0.2) is 9.84 Å². The SMILES string of the molecule is CSc1cccc(N2C[C@@H](C(=O)N[C@@]3(C)CCS(=O)(=O)C3)CC2=O)c1. The van der Waals surface area contributed by atoms with Crippen LogP contribution in [0.1, 0.15) is 19.8 Å². The van der Waals surface area contributed by atoms with Gasteiger partial charge in [0, 0.05) is 23.5 Å². The average molecular weight is 383 g/mol. The smallest absolute Gasteiger partial charge is 0.227 e. The Bertz CT molecular complexity index is 809. The summed E-state index contributed by atoms with van der Waals surface area (Å²) in [5.74, 6) is -0.711. The number of hydrogen-bond donors (Lipinski definition) is 1. The predicted molar refractivity (Wildman–Crippen MR) is 98.5 cm³/mol. The van der Waals surface area contributed by atoms with Crippen molar-refractivity contribution in [1.82, 2.24) is 5.32 Å². The molecule has 1 aromatic carbocycles. The van der Waals surface area contributed by atoms with Crippen LogP contribution >= 0.6 is 11.8 Å². The number of nitrogens with one attached hydrogen (secondary N) is 1. The summed E-state index contributed by atoms with van der Waals surface area (Å²) in [6.07, 6.45) is 2.54. The molecule has 0 spiro atoms. The van der Waals surface area contributed by atoms with E-state index in [1.807, 2.05) is 30.5 Å². The molecule has 2 aliphatic heterocycles. The van der Waals surface area contributed by atoms with E-state index in [1.165, 1.54) is 0 Å². The lowest BCUT2D eigenvalue weighted by molar-refractivity contribution is -0.127. The maximum atomic E-state index is 12.6. The lowest BCUT2D eigenvalue weighted by Gasteiger charge is -2.25. The first-order valence-corrected chi connectivity index (χ1v) is 11.2. The molecule has 136 valence electrons. The molecule has 0 aromatic heterocycles. The molecule has 1 aromatic rings. The second-order valence-electron chi connectivity index (χ2n) is 7.00. The molecule has 25 heavy (non-hydrogen) atoms. The molecule has 1 N–H and O–H groups in total. The highest BCUT2D eigenvalue weighted by Crippen LogP contribution is 2.29. The number of thioether (sulfide) groups is 1. The second kappa shape index (κ2) is 6.64. The Hall–Kier alpha value is -1.54. The maximum Gasteiger partial charge on any atom is 0.227 e. The van der Waals surface area contributed by atoms with E-state index < -0.39 is 21.3 Å². The third-order valence-electron chi connectivity index (χ3n) is 4.79.